The third kappa shape index (κ3) is 8.07. The number of hydrogen-bond donors (Lipinski definition) is 1. The molecule has 0 saturated carbocycles. The van der Waals surface area contributed by atoms with Crippen LogP contribution < -0.4 is 14.4 Å². The normalized spacial score (nSPS) is 12.7. The fourth-order valence-corrected chi connectivity index (χ4v) is 6.18. The van der Waals surface area contributed by atoms with Crippen LogP contribution >= 0.6 is 11.8 Å². The van der Waals surface area contributed by atoms with Crippen molar-refractivity contribution in [1.82, 2.24) is 10.2 Å². The first-order valence-corrected chi connectivity index (χ1v) is 16.7. The summed E-state index contributed by atoms with van der Waals surface area (Å²) in [6.07, 6.45) is 2.65. The summed E-state index contributed by atoms with van der Waals surface area (Å²) >= 11 is 1.50. The second kappa shape index (κ2) is 15.1. The van der Waals surface area contributed by atoms with Crippen LogP contribution in [0.4, 0.5) is 5.69 Å². The Bertz CT molecular complexity index is 1460. The fraction of sp³-hybridized carbons (Fsp3) is 0.375. The SMILES string of the molecule is CCOc1ccccc1N(CC(=O)N(Cc1ccccc1C)C(C)C(=O)NC(C)CC)S(=O)(=O)c1ccc(SC)cc1. The molecule has 0 aliphatic heterocycles. The zero-order valence-corrected chi connectivity index (χ0v) is 26.8. The van der Waals surface area contributed by atoms with Crippen molar-refractivity contribution in [3.8, 4) is 5.75 Å². The van der Waals surface area contributed by atoms with E-state index < -0.39 is 28.5 Å². The third-order valence-corrected chi connectivity index (χ3v) is 9.65. The highest BCUT2D eigenvalue weighted by Gasteiger charge is 2.34. The minimum absolute atomic E-state index is 0.0485. The van der Waals surface area contributed by atoms with Crippen molar-refractivity contribution in [3.63, 3.8) is 0 Å². The van der Waals surface area contributed by atoms with Gasteiger partial charge in [-0.3, -0.25) is 13.9 Å². The summed E-state index contributed by atoms with van der Waals surface area (Å²) in [4.78, 5) is 29.8. The van der Waals surface area contributed by atoms with E-state index in [1.807, 2.05) is 58.2 Å². The zero-order chi connectivity index (χ0) is 30.9. The minimum atomic E-state index is -4.20. The Morgan fingerprint density at radius 3 is 2.21 bits per heavy atom. The van der Waals surface area contributed by atoms with E-state index in [9.17, 15) is 18.0 Å². The van der Waals surface area contributed by atoms with Crippen molar-refractivity contribution in [1.29, 1.82) is 0 Å². The fourth-order valence-electron chi connectivity index (χ4n) is 4.35. The van der Waals surface area contributed by atoms with E-state index in [4.69, 9.17) is 4.74 Å². The summed E-state index contributed by atoms with van der Waals surface area (Å²) in [5.74, 6) is -0.478. The number of nitrogens with one attached hydrogen (secondary N) is 1. The standard InChI is InChI=1S/C32H41N3O5S2/c1-7-24(4)33-32(37)25(5)34(21-26-14-10-9-13-23(26)3)31(36)22-35(29-15-11-12-16-30(29)40-8-2)42(38,39)28-19-17-27(41-6)18-20-28/h9-20,24-25H,7-8,21-22H2,1-6H3,(H,33,37). The first-order chi connectivity index (χ1) is 20.0. The summed E-state index contributed by atoms with van der Waals surface area (Å²) in [6, 6.07) is 20.0. The van der Waals surface area contributed by atoms with Crippen LogP contribution in [0.25, 0.3) is 0 Å². The Hall–Kier alpha value is -3.50. The van der Waals surface area contributed by atoms with Gasteiger partial charge in [0.1, 0.15) is 18.3 Å². The van der Waals surface area contributed by atoms with Gasteiger partial charge in [-0.05, 0) is 87.9 Å². The first kappa shape index (κ1) is 33.0. The monoisotopic (exact) mass is 611 g/mol. The van der Waals surface area contributed by atoms with Crippen LogP contribution in [0.2, 0.25) is 0 Å². The third-order valence-electron chi connectivity index (χ3n) is 7.13. The van der Waals surface area contributed by atoms with Crippen molar-refractivity contribution in [2.75, 3.05) is 23.7 Å². The van der Waals surface area contributed by atoms with Crippen LogP contribution in [0.3, 0.4) is 0 Å². The largest absolute Gasteiger partial charge is 0.492 e. The number of amides is 2. The predicted octanol–water partition coefficient (Wildman–Crippen LogP) is 5.64. The van der Waals surface area contributed by atoms with Gasteiger partial charge in [0.15, 0.2) is 0 Å². The second-order valence-corrected chi connectivity index (χ2v) is 12.8. The number of benzene rings is 3. The number of carbonyl (C=O) groups excluding carboxylic acids is 2. The number of anilines is 1. The van der Waals surface area contributed by atoms with Crippen LogP contribution in [-0.2, 0) is 26.2 Å². The molecule has 0 bridgehead atoms. The van der Waals surface area contributed by atoms with E-state index in [0.717, 1.165) is 26.7 Å². The van der Waals surface area contributed by atoms with Crippen LogP contribution in [-0.4, -0.2) is 56.6 Å². The molecule has 42 heavy (non-hydrogen) atoms. The van der Waals surface area contributed by atoms with E-state index in [-0.39, 0.29) is 29.1 Å². The van der Waals surface area contributed by atoms with Gasteiger partial charge in [-0.2, -0.15) is 0 Å². The molecule has 0 saturated heterocycles. The quantitative estimate of drug-likeness (QED) is 0.237. The maximum Gasteiger partial charge on any atom is 0.264 e. The van der Waals surface area contributed by atoms with Crippen LogP contribution in [0.1, 0.15) is 45.2 Å². The highest BCUT2D eigenvalue weighted by Crippen LogP contribution is 2.33. The van der Waals surface area contributed by atoms with Crippen molar-refractivity contribution < 1.29 is 22.7 Å². The molecular formula is C32H41N3O5S2. The molecule has 0 aromatic heterocycles. The van der Waals surface area contributed by atoms with Crippen molar-refractivity contribution in [2.45, 2.75) is 69.5 Å². The van der Waals surface area contributed by atoms with Crippen LogP contribution in [0, 0.1) is 6.92 Å². The highest BCUT2D eigenvalue weighted by atomic mass is 32.2. The molecule has 2 unspecified atom stereocenters. The van der Waals surface area contributed by atoms with Crippen LogP contribution in [0.15, 0.2) is 82.6 Å². The minimum Gasteiger partial charge on any atom is -0.492 e. The number of hydrogen-bond acceptors (Lipinski definition) is 6. The number of rotatable bonds is 14. The summed E-state index contributed by atoms with van der Waals surface area (Å²) in [5.41, 5.74) is 2.07. The molecule has 10 heteroatoms. The van der Waals surface area contributed by atoms with Gasteiger partial charge in [-0.1, -0.05) is 43.3 Å². The lowest BCUT2D eigenvalue weighted by atomic mass is 10.1. The van der Waals surface area contributed by atoms with E-state index >= 15 is 0 Å². The van der Waals surface area contributed by atoms with Crippen molar-refractivity contribution >= 4 is 39.3 Å². The lowest BCUT2D eigenvalue weighted by molar-refractivity contribution is -0.139. The number of sulfonamides is 1. The number of para-hydroxylation sites is 2. The summed E-state index contributed by atoms with van der Waals surface area (Å²) in [5, 5.41) is 2.96. The van der Waals surface area contributed by atoms with Crippen LogP contribution in [0.5, 0.6) is 5.75 Å². The second-order valence-electron chi connectivity index (χ2n) is 10.0. The molecule has 1 N–H and O–H groups in total. The van der Waals surface area contributed by atoms with E-state index in [1.54, 1.807) is 43.3 Å². The summed E-state index contributed by atoms with van der Waals surface area (Å²) < 4.78 is 35.2. The molecule has 3 rings (SSSR count). The molecule has 0 aliphatic carbocycles. The Morgan fingerprint density at radius 1 is 0.952 bits per heavy atom. The van der Waals surface area contributed by atoms with Gasteiger partial charge in [-0.15, -0.1) is 11.8 Å². The molecule has 3 aromatic rings. The van der Waals surface area contributed by atoms with Gasteiger partial charge in [0.05, 0.1) is 17.2 Å². The Labute approximate surface area is 254 Å². The van der Waals surface area contributed by atoms with Crippen molar-refractivity contribution in [2.24, 2.45) is 0 Å². The van der Waals surface area contributed by atoms with Crippen molar-refractivity contribution in [3.05, 3.63) is 83.9 Å². The Balaban J connectivity index is 2.09. The Morgan fingerprint density at radius 2 is 1.60 bits per heavy atom. The number of aryl methyl sites for hydroxylation is 1. The molecular weight excluding hydrogens is 571 g/mol. The number of ether oxygens (including phenoxy) is 1. The molecule has 0 heterocycles. The van der Waals surface area contributed by atoms with Gasteiger partial charge in [0.2, 0.25) is 11.8 Å². The molecule has 2 atom stereocenters. The number of nitrogens with zero attached hydrogens (tertiary/aromatic N) is 2. The summed E-state index contributed by atoms with van der Waals surface area (Å²) in [6.45, 7) is 9.22. The number of carbonyl (C=O) groups is 2. The highest BCUT2D eigenvalue weighted by molar-refractivity contribution is 7.98. The lowest BCUT2D eigenvalue weighted by Gasteiger charge is -2.33. The van der Waals surface area contributed by atoms with E-state index in [0.29, 0.717) is 12.4 Å². The van der Waals surface area contributed by atoms with Gasteiger partial charge >= 0.3 is 0 Å². The molecule has 3 aromatic carbocycles. The molecule has 0 spiro atoms. The smallest absolute Gasteiger partial charge is 0.264 e. The number of thioether (sulfide) groups is 1. The molecule has 2 amide bonds. The molecule has 0 fully saturated rings. The zero-order valence-electron chi connectivity index (χ0n) is 25.2. The van der Waals surface area contributed by atoms with Gasteiger partial charge in [0, 0.05) is 17.5 Å². The van der Waals surface area contributed by atoms with Gasteiger partial charge < -0.3 is 15.0 Å². The first-order valence-electron chi connectivity index (χ1n) is 14.1. The topological polar surface area (TPSA) is 96.0 Å². The summed E-state index contributed by atoms with van der Waals surface area (Å²) in [7, 11) is -4.20. The Kier molecular flexibility index (Phi) is 11.9. The average molecular weight is 612 g/mol. The molecule has 8 nitrogen and oxygen atoms in total. The van der Waals surface area contributed by atoms with Gasteiger partial charge in [0.25, 0.3) is 10.0 Å². The maximum atomic E-state index is 14.2. The molecule has 0 aliphatic rings. The maximum absolute atomic E-state index is 14.2. The molecule has 226 valence electrons. The average Bonchev–Trinajstić information content (AvgIpc) is 2.99. The predicted molar refractivity (Wildman–Crippen MR) is 169 cm³/mol. The van der Waals surface area contributed by atoms with E-state index in [1.165, 1.54) is 28.8 Å². The van der Waals surface area contributed by atoms with E-state index in [2.05, 4.69) is 5.32 Å². The van der Waals surface area contributed by atoms with Gasteiger partial charge in [-0.25, -0.2) is 8.42 Å². The lowest BCUT2D eigenvalue weighted by Crippen LogP contribution is -2.52. The molecule has 0 radical (unpaired) electrons.